The molecule has 0 aliphatic rings. The molecule has 3 rings (SSSR count). The summed E-state index contributed by atoms with van der Waals surface area (Å²) in [5.41, 5.74) is 4.52. The maximum atomic E-state index is 12.2. The lowest BCUT2D eigenvalue weighted by atomic mass is 10.1. The van der Waals surface area contributed by atoms with Crippen molar-refractivity contribution in [3.8, 4) is 28.5 Å². The number of hydrogen-bond donors (Lipinski definition) is 3. The van der Waals surface area contributed by atoms with Crippen molar-refractivity contribution in [2.24, 2.45) is 5.10 Å². The van der Waals surface area contributed by atoms with Crippen LogP contribution in [0.15, 0.2) is 53.6 Å². The number of phenolic OH excluding ortho intramolecular Hbond substituents is 1. The first-order valence-corrected chi connectivity index (χ1v) is 8.01. The van der Waals surface area contributed by atoms with Crippen LogP contribution in [0.25, 0.3) is 11.3 Å². The molecule has 8 nitrogen and oxygen atoms in total. The predicted molar refractivity (Wildman–Crippen MR) is 100 cm³/mol. The van der Waals surface area contributed by atoms with Gasteiger partial charge in [-0.05, 0) is 42.0 Å². The number of amides is 1. The number of aromatic nitrogens is 2. The number of aromatic amines is 1. The summed E-state index contributed by atoms with van der Waals surface area (Å²) in [4.78, 5) is 12.2. The zero-order valence-corrected chi connectivity index (χ0v) is 14.8. The summed E-state index contributed by atoms with van der Waals surface area (Å²) < 4.78 is 10.6. The third kappa shape index (κ3) is 4.24. The lowest BCUT2D eigenvalue weighted by Crippen LogP contribution is -2.17. The molecule has 3 N–H and O–H groups in total. The van der Waals surface area contributed by atoms with Gasteiger partial charge in [0.1, 0.15) is 22.9 Å². The van der Waals surface area contributed by atoms with Crippen LogP contribution in [0.5, 0.6) is 17.2 Å². The molecular weight excluding hydrogens is 348 g/mol. The first-order chi connectivity index (χ1) is 13.1. The number of phenols is 1. The second kappa shape index (κ2) is 8.05. The Morgan fingerprint density at radius 1 is 1.19 bits per heavy atom. The Bertz CT molecular complexity index is 981. The van der Waals surface area contributed by atoms with Gasteiger partial charge in [-0.3, -0.25) is 9.89 Å². The second-order valence-electron chi connectivity index (χ2n) is 5.53. The first kappa shape index (κ1) is 18.0. The van der Waals surface area contributed by atoms with Crippen molar-refractivity contribution in [3.05, 3.63) is 59.8 Å². The van der Waals surface area contributed by atoms with Gasteiger partial charge in [0.2, 0.25) is 0 Å². The molecule has 1 aromatic heterocycles. The molecule has 0 radical (unpaired) electrons. The van der Waals surface area contributed by atoms with E-state index in [0.29, 0.717) is 28.3 Å². The van der Waals surface area contributed by atoms with Gasteiger partial charge >= 0.3 is 0 Å². The molecule has 2 aromatic carbocycles. The molecule has 1 heterocycles. The minimum Gasteiger partial charge on any atom is -0.508 e. The van der Waals surface area contributed by atoms with Crippen LogP contribution in [-0.4, -0.2) is 41.6 Å². The number of carbonyl (C=O) groups is 1. The average Bonchev–Trinajstić information content (AvgIpc) is 3.17. The molecule has 0 fully saturated rings. The van der Waals surface area contributed by atoms with Crippen LogP contribution in [0.3, 0.4) is 0 Å². The summed E-state index contributed by atoms with van der Waals surface area (Å²) in [7, 11) is 3.13. The van der Waals surface area contributed by atoms with Gasteiger partial charge in [-0.1, -0.05) is 12.1 Å². The van der Waals surface area contributed by atoms with Crippen molar-refractivity contribution < 1.29 is 19.4 Å². The molecule has 138 valence electrons. The normalized spacial score (nSPS) is 10.7. The standard InChI is InChI=1S/C19H18N4O4/c1-26-14-6-7-18(27-2)15(9-14)16-10-17(22-21-16)19(25)23-20-11-12-4-3-5-13(24)8-12/h3-11,24H,1-2H3,(H,21,22)(H,23,25). The second-order valence-corrected chi connectivity index (χ2v) is 5.53. The van der Waals surface area contributed by atoms with Crippen LogP contribution in [0.2, 0.25) is 0 Å². The number of nitrogens with zero attached hydrogens (tertiary/aromatic N) is 2. The van der Waals surface area contributed by atoms with Gasteiger partial charge in [-0.2, -0.15) is 10.2 Å². The largest absolute Gasteiger partial charge is 0.508 e. The molecular formula is C19H18N4O4. The Morgan fingerprint density at radius 3 is 2.78 bits per heavy atom. The maximum absolute atomic E-state index is 12.2. The Kier molecular flexibility index (Phi) is 5.36. The zero-order chi connectivity index (χ0) is 19.2. The van der Waals surface area contributed by atoms with E-state index in [4.69, 9.17) is 9.47 Å². The van der Waals surface area contributed by atoms with E-state index in [-0.39, 0.29) is 11.4 Å². The number of methoxy groups -OCH3 is 2. The minimum absolute atomic E-state index is 0.121. The Morgan fingerprint density at radius 2 is 2.04 bits per heavy atom. The average molecular weight is 366 g/mol. The van der Waals surface area contributed by atoms with Crippen LogP contribution in [-0.2, 0) is 0 Å². The highest BCUT2D eigenvalue weighted by molar-refractivity contribution is 5.94. The van der Waals surface area contributed by atoms with Gasteiger partial charge < -0.3 is 14.6 Å². The quantitative estimate of drug-likeness (QED) is 0.459. The summed E-state index contributed by atoms with van der Waals surface area (Å²) in [5, 5.41) is 20.1. The van der Waals surface area contributed by atoms with E-state index >= 15 is 0 Å². The van der Waals surface area contributed by atoms with E-state index in [1.165, 1.54) is 12.3 Å². The first-order valence-electron chi connectivity index (χ1n) is 8.01. The fourth-order valence-electron chi connectivity index (χ4n) is 2.42. The smallest absolute Gasteiger partial charge is 0.289 e. The van der Waals surface area contributed by atoms with Crippen LogP contribution < -0.4 is 14.9 Å². The van der Waals surface area contributed by atoms with E-state index in [1.54, 1.807) is 56.7 Å². The van der Waals surface area contributed by atoms with E-state index in [2.05, 4.69) is 20.7 Å². The lowest BCUT2D eigenvalue weighted by Gasteiger charge is -2.08. The molecule has 27 heavy (non-hydrogen) atoms. The Labute approximate surface area is 155 Å². The molecule has 8 heteroatoms. The highest BCUT2D eigenvalue weighted by Gasteiger charge is 2.14. The van der Waals surface area contributed by atoms with E-state index in [9.17, 15) is 9.90 Å². The van der Waals surface area contributed by atoms with Crippen LogP contribution in [0, 0.1) is 0 Å². The fraction of sp³-hybridized carbons (Fsp3) is 0.105. The third-order valence-electron chi connectivity index (χ3n) is 3.76. The van der Waals surface area contributed by atoms with E-state index in [1.807, 2.05) is 0 Å². The number of ether oxygens (including phenoxy) is 2. The minimum atomic E-state index is -0.452. The number of hydrazone groups is 1. The molecule has 0 atom stereocenters. The van der Waals surface area contributed by atoms with Gasteiger partial charge in [-0.25, -0.2) is 5.43 Å². The zero-order valence-electron chi connectivity index (χ0n) is 14.8. The van der Waals surface area contributed by atoms with Gasteiger partial charge in [0, 0.05) is 5.56 Å². The highest BCUT2D eigenvalue weighted by Crippen LogP contribution is 2.32. The summed E-state index contributed by atoms with van der Waals surface area (Å²) >= 11 is 0. The molecule has 0 aliphatic heterocycles. The third-order valence-corrected chi connectivity index (χ3v) is 3.76. The number of H-pyrrole nitrogens is 1. The van der Waals surface area contributed by atoms with E-state index < -0.39 is 5.91 Å². The summed E-state index contributed by atoms with van der Waals surface area (Å²) in [5.74, 6) is 0.925. The molecule has 0 saturated carbocycles. The molecule has 0 saturated heterocycles. The molecule has 1 amide bonds. The summed E-state index contributed by atoms with van der Waals surface area (Å²) in [6.07, 6.45) is 1.43. The number of nitrogens with one attached hydrogen (secondary N) is 2. The SMILES string of the molecule is COc1ccc(OC)c(-c2cc(C(=O)NN=Cc3cccc(O)c3)[nH]n2)c1. The Balaban J connectivity index is 1.74. The monoisotopic (exact) mass is 366 g/mol. The number of aromatic hydroxyl groups is 1. The van der Waals surface area contributed by atoms with Gasteiger partial charge in [-0.15, -0.1) is 0 Å². The number of carbonyl (C=O) groups excluding carboxylic acids is 1. The molecule has 0 spiro atoms. The van der Waals surface area contributed by atoms with E-state index in [0.717, 1.165) is 0 Å². The van der Waals surface area contributed by atoms with Crippen LogP contribution in [0.4, 0.5) is 0 Å². The fourth-order valence-corrected chi connectivity index (χ4v) is 2.42. The van der Waals surface area contributed by atoms with Gasteiger partial charge in [0.05, 0.1) is 26.1 Å². The summed E-state index contributed by atoms with van der Waals surface area (Å²) in [6.45, 7) is 0. The topological polar surface area (TPSA) is 109 Å². The van der Waals surface area contributed by atoms with Crippen molar-refractivity contribution in [3.63, 3.8) is 0 Å². The highest BCUT2D eigenvalue weighted by atomic mass is 16.5. The number of benzene rings is 2. The number of rotatable bonds is 6. The summed E-state index contributed by atoms with van der Waals surface area (Å²) in [6, 6.07) is 13.4. The maximum Gasteiger partial charge on any atom is 0.289 e. The van der Waals surface area contributed by atoms with Crippen LogP contribution in [0.1, 0.15) is 16.1 Å². The van der Waals surface area contributed by atoms with Crippen molar-refractivity contribution in [2.75, 3.05) is 14.2 Å². The van der Waals surface area contributed by atoms with Crippen molar-refractivity contribution >= 4 is 12.1 Å². The molecule has 0 bridgehead atoms. The lowest BCUT2D eigenvalue weighted by molar-refractivity contribution is 0.0950. The molecule has 0 unspecified atom stereocenters. The number of hydrogen-bond acceptors (Lipinski definition) is 6. The van der Waals surface area contributed by atoms with Crippen LogP contribution >= 0.6 is 0 Å². The molecule has 0 aliphatic carbocycles. The predicted octanol–water partition coefficient (Wildman–Crippen LogP) is 2.56. The van der Waals surface area contributed by atoms with Crippen molar-refractivity contribution in [1.82, 2.24) is 15.6 Å². The van der Waals surface area contributed by atoms with Gasteiger partial charge in [0.15, 0.2) is 0 Å². The van der Waals surface area contributed by atoms with Gasteiger partial charge in [0.25, 0.3) is 5.91 Å². The van der Waals surface area contributed by atoms with Crippen molar-refractivity contribution in [1.29, 1.82) is 0 Å². The van der Waals surface area contributed by atoms with Crippen molar-refractivity contribution in [2.45, 2.75) is 0 Å². The molecule has 3 aromatic rings. The Hall–Kier alpha value is -3.81.